The molecule has 0 amide bonds. The zero-order valence-corrected chi connectivity index (χ0v) is 9.74. The van der Waals surface area contributed by atoms with Crippen LogP contribution in [0.1, 0.15) is 6.92 Å². The Kier molecular flexibility index (Phi) is 4.86. The van der Waals surface area contributed by atoms with E-state index in [9.17, 15) is 9.59 Å². The molecule has 6 nitrogen and oxygen atoms in total. The Morgan fingerprint density at radius 3 is 2.28 bits per heavy atom. The lowest BCUT2D eigenvalue weighted by molar-refractivity contribution is -0.150. The van der Waals surface area contributed by atoms with E-state index in [0.29, 0.717) is 18.0 Å². The van der Waals surface area contributed by atoms with E-state index in [-0.39, 0.29) is 0 Å². The number of benzene rings is 1. The fourth-order valence-corrected chi connectivity index (χ4v) is 1.19. The number of ether oxygens (including phenoxy) is 1. The van der Waals surface area contributed by atoms with Crippen molar-refractivity contribution in [3.63, 3.8) is 0 Å². The molecule has 0 aliphatic heterocycles. The van der Waals surface area contributed by atoms with Gasteiger partial charge in [-0.2, -0.15) is 0 Å². The highest BCUT2D eigenvalue weighted by Crippen LogP contribution is 2.18. The molecule has 0 aliphatic carbocycles. The average Bonchev–Trinajstić information content (AvgIpc) is 2.31. The van der Waals surface area contributed by atoms with Gasteiger partial charge in [-0.1, -0.05) is 0 Å². The summed E-state index contributed by atoms with van der Waals surface area (Å²) in [6.45, 7) is 2.40. The van der Waals surface area contributed by atoms with Gasteiger partial charge in [-0.05, 0) is 31.2 Å². The molecular weight excluding hydrogens is 238 g/mol. The van der Waals surface area contributed by atoms with Crippen molar-refractivity contribution in [1.29, 1.82) is 0 Å². The third-order valence-corrected chi connectivity index (χ3v) is 2.05. The number of rotatable bonds is 6. The Morgan fingerprint density at radius 2 is 1.83 bits per heavy atom. The maximum absolute atomic E-state index is 10.6. The van der Waals surface area contributed by atoms with Gasteiger partial charge in [0.05, 0.1) is 12.3 Å². The maximum Gasteiger partial charge on any atom is 0.323 e. The number of carboxylic acid groups (broad SMARTS) is 2. The summed E-state index contributed by atoms with van der Waals surface area (Å²) in [6, 6.07) is 6.57. The summed E-state index contributed by atoms with van der Waals surface area (Å²) in [5, 5.41) is 17.3. The number of hydrogen-bond acceptors (Lipinski definition) is 4. The van der Waals surface area contributed by atoms with Crippen molar-refractivity contribution >= 4 is 23.8 Å². The molecule has 0 bridgehead atoms. The zero-order valence-electron chi connectivity index (χ0n) is 9.74. The Balaban J connectivity index is 2.77. The number of aliphatic carboxylic acids is 2. The molecule has 0 saturated heterocycles. The first-order chi connectivity index (χ1) is 8.54. The SMILES string of the molecule is CCOc1ccc(N=CC(C(=O)O)C(=O)O)cc1. The first-order valence-corrected chi connectivity index (χ1v) is 5.27. The van der Waals surface area contributed by atoms with Gasteiger partial charge < -0.3 is 14.9 Å². The Labute approximate surface area is 104 Å². The molecule has 0 spiro atoms. The van der Waals surface area contributed by atoms with Crippen LogP contribution in [0.25, 0.3) is 0 Å². The summed E-state index contributed by atoms with van der Waals surface area (Å²) in [5.41, 5.74) is 0.464. The van der Waals surface area contributed by atoms with Gasteiger partial charge in [0, 0.05) is 6.21 Å². The van der Waals surface area contributed by atoms with Crippen LogP contribution in [0, 0.1) is 5.92 Å². The van der Waals surface area contributed by atoms with Crippen molar-refractivity contribution in [3.8, 4) is 5.75 Å². The molecule has 6 heteroatoms. The fourth-order valence-electron chi connectivity index (χ4n) is 1.19. The van der Waals surface area contributed by atoms with Crippen LogP contribution in [0.5, 0.6) is 5.75 Å². The number of hydrogen-bond donors (Lipinski definition) is 2. The van der Waals surface area contributed by atoms with Crippen molar-refractivity contribution < 1.29 is 24.5 Å². The third-order valence-electron chi connectivity index (χ3n) is 2.05. The predicted octanol–water partition coefficient (Wildman–Crippen LogP) is 1.57. The summed E-state index contributed by atoms with van der Waals surface area (Å²) in [5.74, 6) is -3.87. The summed E-state index contributed by atoms with van der Waals surface area (Å²) >= 11 is 0. The van der Waals surface area contributed by atoms with Crippen LogP contribution in [0.3, 0.4) is 0 Å². The zero-order chi connectivity index (χ0) is 13.5. The van der Waals surface area contributed by atoms with Gasteiger partial charge in [-0.15, -0.1) is 0 Å². The van der Waals surface area contributed by atoms with Gasteiger partial charge in [0.15, 0.2) is 5.92 Å². The Bertz CT molecular complexity index is 438. The molecule has 0 fully saturated rings. The molecule has 0 heterocycles. The van der Waals surface area contributed by atoms with Crippen LogP contribution in [-0.2, 0) is 9.59 Å². The molecule has 0 unspecified atom stereocenters. The fraction of sp³-hybridized carbons (Fsp3) is 0.250. The van der Waals surface area contributed by atoms with Crippen LogP contribution in [0.15, 0.2) is 29.3 Å². The van der Waals surface area contributed by atoms with E-state index in [0.717, 1.165) is 6.21 Å². The molecular formula is C12H13NO5. The van der Waals surface area contributed by atoms with E-state index < -0.39 is 17.9 Å². The molecule has 1 aromatic rings. The normalized spacial score (nSPS) is 10.8. The van der Waals surface area contributed by atoms with Crippen molar-refractivity contribution in [2.45, 2.75) is 6.92 Å². The number of carbonyl (C=O) groups is 2. The maximum atomic E-state index is 10.6. The molecule has 0 aliphatic rings. The van der Waals surface area contributed by atoms with Crippen molar-refractivity contribution in [2.75, 3.05) is 6.61 Å². The molecule has 0 aromatic heterocycles. The summed E-state index contributed by atoms with van der Waals surface area (Å²) in [6.07, 6.45) is 0.889. The minimum absolute atomic E-state index is 0.464. The number of aliphatic imine (C=N–C) groups is 1. The van der Waals surface area contributed by atoms with Gasteiger partial charge in [0.1, 0.15) is 5.75 Å². The van der Waals surface area contributed by atoms with Gasteiger partial charge in [0.2, 0.25) is 0 Å². The molecule has 2 N–H and O–H groups in total. The van der Waals surface area contributed by atoms with E-state index >= 15 is 0 Å². The van der Waals surface area contributed by atoms with Gasteiger partial charge in [-0.25, -0.2) is 0 Å². The highest BCUT2D eigenvalue weighted by atomic mass is 16.5. The Morgan fingerprint density at radius 1 is 1.28 bits per heavy atom. The second-order valence-corrected chi connectivity index (χ2v) is 3.36. The summed E-state index contributed by atoms with van der Waals surface area (Å²) < 4.78 is 5.22. The largest absolute Gasteiger partial charge is 0.494 e. The molecule has 1 rings (SSSR count). The second kappa shape index (κ2) is 6.39. The van der Waals surface area contributed by atoms with E-state index in [1.54, 1.807) is 24.3 Å². The highest BCUT2D eigenvalue weighted by molar-refractivity contribution is 6.08. The lowest BCUT2D eigenvalue weighted by atomic mass is 10.2. The molecule has 96 valence electrons. The number of nitrogens with zero attached hydrogens (tertiary/aromatic N) is 1. The van der Waals surface area contributed by atoms with Crippen LogP contribution < -0.4 is 4.74 Å². The molecule has 0 saturated carbocycles. The van der Waals surface area contributed by atoms with E-state index in [1.807, 2.05) is 6.92 Å². The molecule has 1 aromatic carbocycles. The molecule has 0 atom stereocenters. The minimum Gasteiger partial charge on any atom is -0.494 e. The van der Waals surface area contributed by atoms with Crippen LogP contribution in [0.4, 0.5) is 5.69 Å². The van der Waals surface area contributed by atoms with Crippen molar-refractivity contribution in [2.24, 2.45) is 10.9 Å². The van der Waals surface area contributed by atoms with E-state index in [4.69, 9.17) is 14.9 Å². The summed E-state index contributed by atoms with van der Waals surface area (Å²) in [7, 11) is 0. The topological polar surface area (TPSA) is 96.2 Å². The minimum atomic E-state index is -1.64. The van der Waals surface area contributed by atoms with Crippen molar-refractivity contribution in [3.05, 3.63) is 24.3 Å². The molecule has 18 heavy (non-hydrogen) atoms. The molecule has 0 radical (unpaired) electrons. The van der Waals surface area contributed by atoms with Gasteiger partial charge in [0.25, 0.3) is 0 Å². The standard InChI is InChI=1S/C12H13NO5/c1-2-18-9-5-3-8(4-6-9)13-7-10(11(14)15)12(16)17/h3-7,10H,2H2,1H3,(H,14,15)(H,16,17). The van der Waals surface area contributed by atoms with Crippen LogP contribution in [-0.4, -0.2) is 35.0 Å². The van der Waals surface area contributed by atoms with Gasteiger partial charge >= 0.3 is 11.9 Å². The van der Waals surface area contributed by atoms with E-state index in [2.05, 4.69) is 4.99 Å². The lowest BCUT2D eigenvalue weighted by Crippen LogP contribution is -2.24. The van der Waals surface area contributed by atoms with Gasteiger partial charge in [-0.3, -0.25) is 14.6 Å². The summed E-state index contributed by atoms with van der Waals surface area (Å²) in [4.78, 5) is 25.0. The third kappa shape index (κ3) is 3.89. The monoisotopic (exact) mass is 251 g/mol. The number of carboxylic acids is 2. The lowest BCUT2D eigenvalue weighted by Gasteiger charge is -2.03. The van der Waals surface area contributed by atoms with E-state index in [1.165, 1.54) is 0 Å². The predicted molar refractivity (Wildman–Crippen MR) is 64.5 cm³/mol. The average molecular weight is 251 g/mol. The smallest absolute Gasteiger partial charge is 0.323 e. The Hall–Kier alpha value is -2.37. The first-order valence-electron chi connectivity index (χ1n) is 5.27. The highest BCUT2D eigenvalue weighted by Gasteiger charge is 2.23. The quantitative estimate of drug-likeness (QED) is 0.591. The second-order valence-electron chi connectivity index (χ2n) is 3.36. The first kappa shape index (κ1) is 13.7. The van der Waals surface area contributed by atoms with Crippen LogP contribution >= 0.6 is 0 Å². The van der Waals surface area contributed by atoms with Crippen LogP contribution in [0.2, 0.25) is 0 Å². The van der Waals surface area contributed by atoms with Crippen molar-refractivity contribution in [1.82, 2.24) is 0 Å².